The van der Waals surface area contributed by atoms with E-state index in [1.807, 2.05) is 30.6 Å². The van der Waals surface area contributed by atoms with Gasteiger partial charge in [0, 0.05) is 11.4 Å². The third-order valence-electron chi connectivity index (χ3n) is 1.40. The maximum absolute atomic E-state index is 9.91. The van der Waals surface area contributed by atoms with E-state index in [1.54, 1.807) is 0 Å². The molecule has 0 bridgehead atoms. The lowest BCUT2D eigenvalue weighted by Crippen LogP contribution is -1.84. The summed E-state index contributed by atoms with van der Waals surface area (Å²) >= 11 is 5.73. The number of hydrogen-bond acceptors (Lipinski definition) is 1. The minimum atomic E-state index is 0.445. The molecule has 1 radical (unpaired) electrons. The molecule has 0 atom stereocenters. The highest BCUT2D eigenvalue weighted by Crippen LogP contribution is 2.11. The van der Waals surface area contributed by atoms with Crippen molar-refractivity contribution in [3.8, 4) is 0 Å². The number of aryl methyl sites for hydroxylation is 1. The lowest BCUT2D eigenvalue weighted by Gasteiger charge is -1.96. The second-order valence-corrected chi connectivity index (χ2v) is 2.71. The van der Waals surface area contributed by atoms with Crippen LogP contribution < -0.4 is 0 Å². The van der Waals surface area contributed by atoms with Gasteiger partial charge in [-0.05, 0) is 24.1 Å². The Labute approximate surface area is 71.0 Å². The summed E-state index contributed by atoms with van der Waals surface area (Å²) < 4.78 is 0. The molecule has 0 aromatic heterocycles. The number of rotatable bonds is 3. The summed E-state index contributed by atoms with van der Waals surface area (Å²) in [4.78, 5) is 9.91. The second kappa shape index (κ2) is 4.14. The van der Waals surface area contributed by atoms with E-state index in [1.165, 1.54) is 0 Å². The summed E-state index contributed by atoms with van der Waals surface area (Å²) in [6.45, 7) is 0. The summed E-state index contributed by atoms with van der Waals surface area (Å²) in [5, 5.41) is 0.716. The van der Waals surface area contributed by atoms with Gasteiger partial charge in [0.05, 0.1) is 0 Å². The van der Waals surface area contributed by atoms with E-state index in [0.717, 1.165) is 12.0 Å². The molecule has 0 aliphatic heterocycles. The molecule has 0 N–H and O–H groups in total. The summed E-state index contributed by atoms with van der Waals surface area (Å²) in [6, 6.07) is 7.50. The van der Waals surface area contributed by atoms with Gasteiger partial charge in [-0.15, -0.1) is 0 Å². The highest BCUT2D eigenvalue weighted by molar-refractivity contribution is 6.30. The van der Waals surface area contributed by atoms with Gasteiger partial charge >= 0.3 is 0 Å². The van der Waals surface area contributed by atoms with E-state index >= 15 is 0 Å². The van der Waals surface area contributed by atoms with Crippen LogP contribution in [-0.2, 0) is 11.2 Å². The van der Waals surface area contributed by atoms with Crippen LogP contribution >= 0.6 is 11.6 Å². The van der Waals surface area contributed by atoms with Gasteiger partial charge in [-0.25, -0.2) is 0 Å². The summed E-state index contributed by atoms with van der Waals surface area (Å²) in [7, 11) is 0. The van der Waals surface area contributed by atoms with Gasteiger partial charge in [0.1, 0.15) is 0 Å². The first kappa shape index (κ1) is 8.28. The van der Waals surface area contributed by atoms with Crippen molar-refractivity contribution in [3.63, 3.8) is 0 Å². The lowest BCUT2D eigenvalue weighted by atomic mass is 10.1. The molecule has 1 aromatic carbocycles. The molecule has 0 spiro atoms. The molecule has 0 aliphatic carbocycles. The van der Waals surface area contributed by atoms with E-state index in [9.17, 15) is 4.79 Å². The topological polar surface area (TPSA) is 17.1 Å². The van der Waals surface area contributed by atoms with Crippen LogP contribution in [0.2, 0.25) is 5.02 Å². The third kappa shape index (κ3) is 2.72. The average molecular weight is 168 g/mol. The van der Waals surface area contributed by atoms with Crippen molar-refractivity contribution >= 4 is 17.9 Å². The van der Waals surface area contributed by atoms with E-state index in [0.29, 0.717) is 11.4 Å². The van der Waals surface area contributed by atoms with Gasteiger partial charge in [0.15, 0.2) is 6.29 Å². The molecule has 11 heavy (non-hydrogen) atoms. The number of benzene rings is 1. The molecule has 2 heteroatoms. The fourth-order valence-electron chi connectivity index (χ4n) is 0.888. The Morgan fingerprint density at radius 1 is 1.45 bits per heavy atom. The summed E-state index contributed by atoms with van der Waals surface area (Å²) in [5.41, 5.74) is 1.08. The Morgan fingerprint density at radius 3 is 2.91 bits per heavy atom. The number of halogens is 1. The zero-order valence-electron chi connectivity index (χ0n) is 6.01. The normalized spacial score (nSPS) is 9.55. The molecule has 0 amide bonds. The van der Waals surface area contributed by atoms with E-state index in [-0.39, 0.29) is 0 Å². The Kier molecular flexibility index (Phi) is 3.12. The highest BCUT2D eigenvalue weighted by Gasteiger charge is 1.92. The molecule has 0 saturated carbocycles. The predicted molar refractivity (Wildman–Crippen MR) is 45.5 cm³/mol. The Balaban J connectivity index is 2.63. The van der Waals surface area contributed by atoms with Gasteiger partial charge in [-0.3, -0.25) is 4.79 Å². The molecule has 0 heterocycles. The van der Waals surface area contributed by atoms with Crippen molar-refractivity contribution in [3.05, 3.63) is 34.9 Å². The SMILES string of the molecule is O=[C]CCc1cccc(Cl)c1. The second-order valence-electron chi connectivity index (χ2n) is 2.27. The van der Waals surface area contributed by atoms with Gasteiger partial charge in [0.2, 0.25) is 0 Å². The molecule has 1 nitrogen and oxygen atoms in total. The predicted octanol–water partition coefficient (Wildman–Crippen LogP) is 2.38. The molecule has 1 rings (SSSR count). The van der Waals surface area contributed by atoms with Crippen molar-refractivity contribution in [1.29, 1.82) is 0 Å². The summed E-state index contributed by atoms with van der Waals surface area (Å²) in [5.74, 6) is 0. The molecule has 0 unspecified atom stereocenters. The van der Waals surface area contributed by atoms with E-state index in [4.69, 9.17) is 11.6 Å². The Morgan fingerprint density at radius 2 is 2.27 bits per heavy atom. The van der Waals surface area contributed by atoms with E-state index < -0.39 is 0 Å². The first-order valence-electron chi connectivity index (χ1n) is 3.42. The highest BCUT2D eigenvalue weighted by atomic mass is 35.5. The van der Waals surface area contributed by atoms with Crippen LogP contribution in [0.1, 0.15) is 12.0 Å². The zero-order valence-corrected chi connectivity index (χ0v) is 6.77. The van der Waals surface area contributed by atoms with Gasteiger partial charge in [0.25, 0.3) is 0 Å². The first-order valence-corrected chi connectivity index (χ1v) is 3.80. The Hall–Kier alpha value is -0.820. The van der Waals surface area contributed by atoms with Crippen molar-refractivity contribution in [1.82, 2.24) is 0 Å². The molecule has 0 fully saturated rings. The van der Waals surface area contributed by atoms with Crippen LogP contribution in [0.3, 0.4) is 0 Å². The molecular formula is C9H8ClO. The third-order valence-corrected chi connectivity index (χ3v) is 1.64. The quantitative estimate of drug-likeness (QED) is 0.676. The monoisotopic (exact) mass is 167 g/mol. The first-order chi connectivity index (χ1) is 5.33. The van der Waals surface area contributed by atoms with Crippen molar-refractivity contribution < 1.29 is 4.79 Å². The van der Waals surface area contributed by atoms with Crippen molar-refractivity contribution in [2.75, 3.05) is 0 Å². The average Bonchev–Trinajstić information content (AvgIpc) is 2.01. The smallest absolute Gasteiger partial charge is 0.198 e. The van der Waals surface area contributed by atoms with Crippen molar-refractivity contribution in [2.24, 2.45) is 0 Å². The number of hydrogen-bond donors (Lipinski definition) is 0. The number of carbonyl (C=O) groups excluding carboxylic acids is 1. The lowest BCUT2D eigenvalue weighted by molar-refractivity contribution is 0.551. The fraction of sp³-hybridized carbons (Fsp3) is 0.222. The van der Waals surface area contributed by atoms with Crippen LogP contribution in [0.5, 0.6) is 0 Å². The van der Waals surface area contributed by atoms with Gasteiger partial charge < -0.3 is 0 Å². The van der Waals surface area contributed by atoms with Crippen LogP contribution in [0.15, 0.2) is 24.3 Å². The fourth-order valence-corrected chi connectivity index (χ4v) is 1.10. The standard InChI is InChI=1S/C9H8ClO/c10-9-5-1-3-8(7-9)4-2-6-11/h1,3,5,7H,2,4H2. The largest absolute Gasteiger partial charge is 0.291 e. The van der Waals surface area contributed by atoms with Crippen LogP contribution in [-0.4, -0.2) is 6.29 Å². The van der Waals surface area contributed by atoms with Crippen LogP contribution in [0, 0.1) is 0 Å². The van der Waals surface area contributed by atoms with Crippen LogP contribution in [0.25, 0.3) is 0 Å². The van der Waals surface area contributed by atoms with Crippen LogP contribution in [0.4, 0.5) is 0 Å². The van der Waals surface area contributed by atoms with E-state index in [2.05, 4.69) is 0 Å². The molecular weight excluding hydrogens is 160 g/mol. The van der Waals surface area contributed by atoms with Gasteiger partial charge in [-0.1, -0.05) is 23.7 Å². The molecule has 0 aliphatic rings. The maximum atomic E-state index is 9.91. The van der Waals surface area contributed by atoms with Crippen molar-refractivity contribution in [2.45, 2.75) is 12.8 Å². The zero-order chi connectivity index (χ0) is 8.10. The molecule has 57 valence electrons. The minimum Gasteiger partial charge on any atom is -0.291 e. The van der Waals surface area contributed by atoms with Gasteiger partial charge in [-0.2, -0.15) is 0 Å². The maximum Gasteiger partial charge on any atom is 0.198 e. The molecule has 0 saturated heterocycles. The Bertz CT molecular complexity index is 245. The molecule has 1 aromatic rings. The summed E-state index contributed by atoms with van der Waals surface area (Å²) in [6.07, 6.45) is 3.01. The minimum absolute atomic E-state index is 0.445.